The molecule has 0 spiro atoms. The minimum absolute atomic E-state index is 1.12. The topological polar surface area (TPSA) is 75.6 Å². The summed E-state index contributed by atoms with van der Waals surface area (Å²) >= 11 is 0. The molecule has 0 aliphatic heterocycles. The Morgan fingerprint density at radius 1 is 1.31 bits per heavy atom. The molecule has 0 saturated carbocycles. The largest absolute Gasteiger partial charge is 0.480 e. The van der Waals surface area contributed by atoms with Crippen LogP contribution in [0.15, 0.2) is 0 Å². The molecule has 5 heteroatoms. The van der Waals surface area contributed by atoms with E-state index in [2.05, 4.69) is 0 Å². The van der Waals surface area contributed by atoms with Gasteiger partial charge < -0.3 is 15.2 Å². The van der Waals surface area contributed by atoms with Crippen LogP contribution in [-0.4, -0.2) is 28.8 Å². The molecule has 0 aliphatic rings. The molecule has 0 saturated heterocycles. The molecule has 5 nitrogen and oxygen atoms in total. The second-order valence-corrected chi connectivity index (χ2v) is 4.23. The molecule has 1 amide bonds. The van der Waals surface area contributed by atoms with Gasteiger partial charge in [0.05, 0.1) is 0 Å². The van der Waals surface area contributed by atoms with Crippen LogP contribution in [0.3, 0.4) is 0 Å². The number of aliphatic carboxylic acids is 1. The van der Waals surface area contributed by atoms with Crippen molar-refractivity contribution in [2.75, 3.05) is 0 Å². The zero-order chi connectivity index (χ0) is 20.6. The molecule has 0 aliphatic carbocycles. The standard InChI is InChI=1S/C11H21NO4/c1-10(2,3)7(8(13)14)12-9(15)16-11(4,5)6/h7H,1-6H3,(H,12,15)(H,13,14)/i1D3,2D3,3D3. The number of hydrogen-bond acceptors (Lipinski definition) is 3. The fourth-order valence-electron chi connectivity index (χ4n) is 0.781. The van der Waals surface area contributed by atoms with E-state index in [1.165, 1.54) is 20.8 Å². The van der Waals surface area contributed by atoms with Crippen molar-refractivity contribution >= 4 is 12.1 Å². The maximum absolute atomic E-state index is 11.9. The number of carbonyl (C=O) groups is 2. The van der Waals surface area contributed by atoms with Gasteiger partial charge in [-0.05, 0) is 26.2 Å². The molecule has 0 fully saturated rings. The first-order valence-corrected chi connectivity index (χ1v) is 4.41. The summed E-state index contributed by atoms with van der Waals surface area (Å²) in [6, 6.07) is -2.78. The van der Waals surface area contributed by atoms with Crippen molar-refractivity contribution in [1.29, 1.82) is 0 Å². The first-order chi connectivity index (χ1) is 10.7. The third-order valence-corrected chi connectivity index (χ3v) is 1.34. The summed E-state index contributed by atoms with van der Waals surface area (Å²) in [5, 5.41) is 10.9. The predicted octanol–water partition coefficient (Wildman–Crippen LogP) is 2.01. The Labute approximate surface area is 109 Å². The van der Waals surface area contributed by atoms with Crippen LogP contribution < -0.4 is 5.32 Å². The maximum Gasteiger partial charge on any atom is 0.408 e. The number of carbonyl (C=O) groups excluding carboxylic acids is 1. The zero-order valence-electron chi connectivity index (χ0n) is 18.2. The Kier molecular flexibility index (Phi) is 1.59. The van der Waals surface area contributed by atoms with Crippen molar-refractivity contribution in [1.82, 2.24) is 5.32 Å². The molecule has 0 aromatic heterocycles. The van der Waals surface area contributed by atoms with E-state index in [1.54, 1.807) is 5.32 Å². The van der Waals surface area contributed by atoms with Crippen molar-refractivity contribution in [2.24, 2.45) is 5.41 Å². The number of rotatable bonds is 2. The first kappa shape index (κ1) is 5.38. The second kappa shape index (κ2) is 4.72. The quantitative estimate of drug-likeness (QED) is 0.774. The summed E-state index contributed by atoms with van der Waals surface area (Å²) in [7, 11) is 0. The highest BCUT2D eigenvalue weighted by molar-refractivity contribution is 5.80. The van der Waals surface area contributed by atoms with Crippen molar-refractivity contribution in [3.63, 3.8) is 0 Å². The van der Waals surface area contributed by atoms with E-state index < -0.39 is 49.7 Å². The van der Waals surface area contributed by atoms with Crippen LogP contribution in [0.5, 0.6) is 0 Å². The smallest absolute Gasteiger partial charge is 0.408 e. The number of amides is 1. The summed E-state index contributed by atoms with van der Waals surface area (Å²) in [5.41, 5.74) is -4.87. The van der Waals surface area contributed by atoms with Gasteiger partial charge in [-0.15, -0.1) is 0 Å². The van der Waals surface area contributed by atoms with E-state index in [1.807, 2.05) is 0 Å². The van der Waals surface area contributed by atoms with Gasteiger partial charge in [0.15, 0.2) is 0 Å². The van der Waals surface area contributed by atoms with E-state index in [9.17, 15) is 14.7 Å². The number of hydrogen-bond donors (Lipinski definition) is 2. The van der Waals surface area contributed by atoms with Gasteiger partial charge in [0.2, 0.25) is 0 Å². The van der Waals surface area contributed by atoms with Crippen molar-refractivity contribution in [3.8, 4) is 0 Å². The highest BCUT2D eigenvalue weighted by Gasteiger charge is 2.33. The molecule has 1 unspecified atom stereocenters. The lowest BCUT2D eigenvalue weighted by Crippen LogP contribution is -2.50. The third kappa shape index (κ3) is 5.58. The molecule has 2 N–H and O–H groups in total. The number of carboxylic acids is 1. The summed E-state index contributed by atoms with van der Waals surface area (Å²) in [5.74, 6) is -2.13. The maximum atomic E-state index is 11.9. The van der Waals surface area contributed by atoms with Gasteiger partial charge >= 0.3 is 12.1 Å². The fourth-order valence-corrected chi connectivity index (χ4v) is 0.781. The lowest BCUT2D eigenvalue weighted by atomic mass is 9.87. The average Bonchev–Trinajstić information content (AvgIpc) is 2.18. The van der Waals surface area contributed by atoms with Gasteiger partial charge in [-0.25, -0.2) is 9.59 Å². The minimum atomic E-state index is -3.78. The highest BCUT2D eigenvalue weighted by Crippen LogP contribution is 2.20. The molecule has 1 atom stereocenters. The molecule has 16 heavy (non-hydrogen) atoms. The Morgan fingerprint density at radius 3 is 2.12 bits per heavy atom. The van der Waals surface area contributed by atoms with E-state index in [4.69, 9.17) is 17.1 Å². The Balaban J connectivity index is 6.45. The average molecular weight is 240 g/mol. The molecule has 0 radical (unpaired) electrons. The fraction of sp³-hybridized carbons (Fsp3) is 0.818. The van der Waals surface area contributed by atoms with Crippen LogP contribution in [0, 0.1) is 5.41 Å². The van der Waals surface area contributed by atoms with Gasteiger partial charge in [-0.1, -0.05) is 20.6 Å². The van der Waals surface area contributed by atoms with Gasteiger partial charge in [-0.3, -0.25) is 0 Å². The molecule has 0 rings (SSSR count). The van der Waals surface area contributed by atoms with Crippen LogP contribution in [0.2, 0.25) is 0 Å². The zero-order valence-corrected chi connectivity index (χ0v) is 9.25. The first-order valence-electron chi connectivity index (χ1n) is 8.91. The SMILES string of the molecule is [2H]C([2H])([2H])C(C(NC(=O)OC(C)(C)C)C(=O)O)(C([2H])([2H])[2H])C([2H])([2H])[2H]. The molecule has 0 aromatic carbocycles. The van der Waals surface area contributed by atoms with Gasteiger partial charge in [-0.2, -0.15) is 0 Å². The van der Waals surface area contributed by atoms with Gasteiger partial charge in [0.25, 0.3) is 0 Å². The van der Waals surface area contributed by atoms with Crippen molar-refractivity contribution in [3.05, 3.63) is 0 Å². The monoisotopic (exact) mass is 240 g/mol. The molecule has 94 valence electrons. The number of nitrogens with one attached hydrogen (secondary N) is 1. The van der Waals surface area contributed by atoms with Crippen LogP contribution in [0.1, 0.15) is 53.7 Å². The van der Waals surface area contributed by atoms with Gasteiger partial charge in [0, 0.05) is 12.3 Å². The number of ether oxygens (including phenoxy) is 1. The lowest BCUT2D eigenvalue weighted by Gasteiger charge is -2.29. The van der Waals surface area contributed by atoms with E-state index in [-0.39, 0.29) is 0 Å². The Bertz CT molecular complexity index is 480. The summed E-state index contributed by atoms with van der Waals surface area (Å²) in [6.45, 7) is -7.06. The summed E-state index contributed by atoms with van der Waals surface area (Å²) < 4.78 is 71.9. The minimum Gasteiger partial charge on any atom is -0.480 e. The number of alkyl carbamates (subject to hydrolysis) is 1. The van der Waals surface area contributed by atoms with Crippen LogP contribution in [0.4, 0.5) is 4.79 Å². The Hall–Kier alpha value is -1.26. The van der Waals surface area contributed by atoms with Crippen LogP contribution >= 0.6 is 0 Å². The normalized spacial score (nSPS) is 24.8. The molecule has 0 aromatic rings. The van der Waals surface area contributed by atoms with E-state index in [0.29, 0.717) is 0 Å². The highest BCUT2D eigenvalue weighted by atomic mass is 16.6. The van der Waals surface area contributed by atoms with Gasteiger partial charge in [0.1, 0.15) is 11.6 Å². The van der Waals surface area contributed by atoms with Crippen LogP contribution in [-0.2, 0) is 9.53 Å². The summed E-state index contributed by atoms with van der Waals surface area (Å²) in [4.78, 5) is 23.4. The second-order valence-electron chi connectivity index (χ2n) is 4.23. The predicted molar refractivity (Wildman–Crippen MR) is 60.2 cm³/mol. The van der Waals surface area contributed by atoms with Crippen molar-refractivity contribution < 1.29 is 31.8 Å². The molecule has 0 heterocycles. The lowest BCUT2D eigenvalue weighted by molar-refractivity contribution is -0.142. The Morgan fingerprint density at radius 2 is 1.81 bits per heavy atom. The third-order valence-electron chi connectivity index (χ3n) is 1.34. The van der Waals surface area contributed by atoms with Crippen molar-refractivity contribution in [2.45, 2.75) is 53.0 Å². The number of carboxylic acid groups (broad SMARTS) is 1. The molecular weight excluding hydrogens is 210 g/mol. The molecule has 0 bridgehead atoms. The van der Waals surface area contributed by atoms with Crippen LogP contribution in [0.25, 0.3) is 0 Å². The summed E-state index contributed by atoms with van der Waals surface area (Å²) in [6.07, 6.45) is -1.46. The van der Waals surface area contributed by atoms with E-state index in [0.717, 1.165) is 0 Å². The molecular formula is C11H21NO4. The van der Waals surface area contributed by atoms with E-state index >= 15 is 0 Å².